The fraction of sp³-hybridized carbons (Fsp3) is 0.588. The number of anilines is 1. The highest BCUT2D eigenvalue weighted by molar-refractivity contribution is 5.94. The number of rotatable bonds is 5. The molecule has 1 aromatic carbocycles. The number of benzene rings is 1. The number of carbonyl (C=O) groups excluding carboxylic acids is 1. The quantitative estimate of drug-likeness (QED) is 0.647. The summed E-state index contributed by atoms with van der Waals surface area (Å²) in [5.74, 6) is 0.127. The number of hydrogen-bond acceptors (Lipinski definition) is 6. The molecule has 1 aromatic rings. The number of amides is 1. The van der Waals surface area contributed by atoms with Crippen LogP contribution in [0.25, 0.3) is 0 Å². The molecule has 1 N–H and O–H groups in total. The van der Waals surface area contributed by atoms with Crippen molar-refractivity contribution in [2.24, 2.45) is 0 Å². The predicted octanol–water partition coefficient (Wildman–Crippen LogP) is 2.19. The Labute approximate surface area is 146 Å². The van der Waals surface area contributed by atoms with Crippen LogP contribution in [0.5, 0.6) is 5.75 Å². The molecular weight excluding hydrogens is 326 g/mol. The molecule has 0 aromatic heterocycles. The molecule has 3 rings (SSSR count). The molecule has 1 aliphatic carbocycles. The molecule has 2 aliphatic rings. The normalized spacial score (nSPS) is 23.6. The number of carbonyl (C=O) groups is 1. The number of nitro benzene ring substituents is 1. The lowest BCUT2D eigenvalue weighted by Gasteiger charge is -2.43. The molecular formula is C17H23N3O5. The average Bonchev–Trinajstić information content (AvgIpc) is 2.62. The van der Waals surface area contributed by atoms with E-state index in [2.05, 4.69) is 10.2 Å². The van der Waals surface area contributed by atoms with Gasteiger partial charge in [-0.2, -0.15) is 0 Å². The lowest BCUT2D eigenvalue weighted by atomic mass is 9.90. The minimum Gasteiger partial charge on any atom is -0.496 e. The lowest BCUT2D eigenvalue weighted by molar-refractivity contribution is -0.384. The van der Waals surface area contributed by atoms with Crippen molar-refractivity contribution < 1.29 is 19.2 Å². The molecule has 1 saturated carbocycles. The lowest BCUT2D eigenvalue weighted by Crippen LogP contribution is -2.54. The highest BCUT2D eigenvalue weighted by Crippen LogP contribution is 2.30. The van der Waals surface area contributed by atoms with Gasteiger partial charge >= 0.3 is 0 Å². The van der Waals surface area contributed by atoms with Crippen molar-refractivity contribution in [1.82, 2.24) is 4.90 Å². The number of nitrogens with zero attached hydrogens (tertiary/aromatic N) is 2. The molecule has 8 nitrogen and oxygen atoms in total. The summed E-state index contributed by atoms with van der Waals surface area (Å²) in [6.07, 6.45) is 4.57. The SMILES string of the molecule is COc1ccc(NC(=O)CN2CCO[C@@H]3CCCC[C@H]32)c([N+](=O)[O-])c1. The summed E-state index contributed by atoms with van der Waals surface area (Å²) in [5, 5.41) is 13.9. The van der Waals surface area contributed by atoms with Crippen LogP contribution in [0, 0.1) is 10.1 Å². The number of methoxy groups -OCH3 is 1. The van der Waals surface area contributed by atoms with Gasteiger partial charge in [-0.05, 0) is 25.0 Å². The number of ether oxygens (including phenoxy) is 2. The van der Waals surface area contributed by atoms with Crippen molar-refractivity contribution in [3.8, 4) is 5.75 Å². The molecule has 0 spiro atoms. The van der Waals surface area contributed by atoms with Crippen molar-refractivity contribution in [3.63, 3.8) is 0 Å². The Balaban J connectivity index is 1.67. The maximum Gasteiger partial charge on any atom is 0.296 e. The molecule has 2 fully saturated rings. The summed E-state index contributed by atoms with van der Waals surface area (Å²) < 4.78 is 10.8. The maximum absolute atomic E-state index is 12.4. The molecule has 8 heteroatoms. The van der Waals surface area contributed by atoms with Gasteiger partial charge in [0.15, 0.2) is 0 Å². The third-order valence-corrected chi connectivity index (χ3v) is 4.87. The second-order valence-electron chi connectivity index (χ2n) is 6.42. The van der Waals surface area contributed by atoms with Crippen LogP contribution in [0.3, 0.4) is 0 Å². The van der Waals surface area contributed by atoms with Gasteiger partial charge < -0.3 is 14.8 Å². The Morgan fingerprint density at radius 2 is 2.24 bits per heavy atom. The zero-order valence-corrected chi connectivity index (χ0v) is 14.3. The summed E-state index contributed by atoms with van der Waals surface area (Å²) >= 11 is 0. The smallest absolute Gasteiger partial charge is 0.296 e. The third-order valence-electron chi connectivity index (χ3n) is 4.87. The third kappa shape index (κ3) is 4.08. The second-order valence-corrected chi connectivity index (χ2v) is 6.42. The highest BCUT2D eigenvalue weighted by Gasteiger charge is 2.35. The molecule has 1 aliphatic heterocycles. The van der Waals surface area contributed by atoms with Crippen molar-refractivity contribution in [3.05, 3.63) is 28.3 Å². The van der Waals surface area contributed by atoms with Gasteiger partial charge in [-0.25, -0.2) is 0 Å². The number of hydrogen-bond donors (Lipinski definition) is 1. The van der Waals surface area contributed by atoms with E-state index < -0.39 is 4.92 Å². The first-order valence-corrected chi connectivity index (χ1v) is 8.56. The monoisotopic (exact) mass is 349 g/mol. The Hall–Kier alpha value is -2.19. The van der Waals surface area contributed by atoms with Gasteiger partial charge in [-0.3, -0.25) is 19.8 Å². The summed E-state index contributed by atoms with van der Waals surface area (Å²) in [4.78, 5) is 25.3. The van der Waals surface area contributed by atoms with Gasteiger partial charge in [0.05, 0.1) is 37.4 Å². The van der Waals surface area contributed by atoms with Crippen molar-refractivity contribution in [1.29, 1.82) is 0 Å². The van der Waals surface area contributed by atoms with E-state index >= 15 is 0 Å². The van der Waals surface area contributed by atoms with Gasteiger partial charge in [-0.15, -0.1) is 0 Å². The first-order valence-electron chi connectivity index (χ1n) is 8.56. The van der Waals surface area contributed by atoms with Crippen LogP contribution in [0.2, 0.25) is 0 Å². The molecule has 0 bridgehead atoms. The van der Waals surface area contributed by atoms with Crippen LogP contribution in [-0.4, -0.2) is 54.7 Å². The number of nitro groups is 1. The number of fused-ring (bicyclic) bond motifs is 1. The first kappa shape index (κ1) is 17.6. The van der Waals surface area contributed by atoms with Crippen LogP contribution in [0.15, 0.2) is 18.2 Å². The van der Waals surface area contributed by atoms with E-state index in [1.54, 1.807) is 6.07 Å². The zero-order chi connectivity index (χ0) is 17.8. The Morgan fingerprint density at radius 1 is 1.44 bits per heavy atom. The molecule has 2 atom stereocenters. The topological polar surface area (TPSA) is 93.9 Å². The average molecular weight is 349 g/mol. The predicted molar refractivity (Wildman–Crippen MR) is 91.8 cm³/mol. The van der Waals surface area contributed by atoms with E-state index in [0.717, 1.165) is 19.3 Å². The van der Waals surface area contributed by atoms with Crippen molar-refractivity contribution in [2.45, 2.75) is 37.8 Å². The molecule has 136 valence electrons. The summed E-state index contributed by atoms with van der Waals surface area (Å²) in [5.41, 5.74) is 0.00877. The van der Waals surface area contributed by atoms with Crippen LogP contribution >= 0.6 is 0 Å². The van der Waals surface area contributed by atoms with E-state index in [4.69, 9.17) is 9.47 Å². The maximum atomic E-state index is 12.4. The molecule has 0 unspecified atom stereocenters. The zero-order valence-electron chi connectivity index (χ0n) is 14.3. The van der Waals surface area contributed by atoms with E-state index in [1.165, 1.54) is 25.7 Å². The van der Waals surface area contributed by atoms with Gasteiger partial charge in [0.2, 0.25) is 5.91 Å². The van der Waals surface area contributed by atoms with E-state index in [-0.39, 0.29) is 36.0 Å². The second kappa shape index (κ2) is 7.79. The largest absolute Gasteiger partial charge is 0.496 e. The molecule has 1 saturated heterocycles. The Kier molecular flexibility index (Phi) is 5.50. The van der Waals surface area contributed by atoms with Crippen LogP contribution < -0.4 is 10.1 Å². The van der Waals surface area contributed by atoms with Crippen molar-refractivity contribution >= 4 is 17.3 Å². The number of morpholine rings is 1. The van der Waals surface area contributed by atoms with Crippen LogP contribution in [0.4, 0.5) is 11.4 Å². The highest BCUT2D eigenvalue weighted by atomic mass is 16.6. The van der Waals surface area contributed by atoms with Crippen LogP contribution in [0.1, 0.15) is 25.7 Å². The fourth-order valence-electron chi connectivity index (χ4n) is 3.64. The Bertz CT molecular complexity index is 649. The molecule has 25 heavy (non-hydrogen) atoms. The molecule has 1 heterocycles. The van der Waals surface area contributed by atoms with Gasteiger partial charge in [0.25, 0.3) is 5.69 Å². The number of nitrogens with one attached hydrogen (secondary N) is 1. The molecule has 0 radical (unpaired) electrons. The standard InChI is InChI=1S/C17H23N3O5/c1-24-12-6-7-13(15(10-12)20(22)23)18-17(21)11-19-8-9-25-16-5-3-2-4-14(16)19/h6-7,10,14,16H,2-5,8-9,11H2,1H3,(H,18,21)/t14-,16-/m1/s1. The first-order chi connectivity index (χ1) is 12.1. The Morgan fingerprint density at radius 3 is 3.00 bits per heavy atom. The molecule has 1 amide bonds. The minimum atomic E-state index is -0.524. The van der Waals surface area contributed by atoms with Gasteiger partial charge in [0.1, 0.15) is 11.4 Å². The summed E-state index contributed by atoms with van der Waals surface area (Å²) in [6.45, 7) is 1.55. The van der Waals surface area contributed by atoms with Gasteiger partial charge in [-0.1, -0.05) is 12.8 Å². The summed E-state index contributed by atoms with van der Waals surface area (Å²) in [7, 11) is 1.44. The van der Waals surface area contributed by atoms with Gasteiger partial charge in [0, 0.05) is 12.6 Å². The van der Waals surface area contributed by atoms with E-state index in [1.807, 2.05) is 0 Å². The fourth-order valence-corrected chi connectivity index (χ4v) is 3.64. The van der Waals surface area contributed by atoms with E-state index in [9.17, 15) is 14.9 Å². The van der Waals surface area contributed by atoms with Crippen LogP contribution in [-0.2, 0) is 9.53 Å². The van der Waals surface area contributed by atoms with E-state index in [0.29, 0.717) is 18.9 Å². The minimum absolute atomic E-state index is 0.176. The van der Waals surface area contributed by atoms with Crippen molar-refractivity contribution in [2.75, 3.05) is 32.1 Å². The summed E-state index contributed by atoms with van der Waals surface area (Å²) in [6, 6.07) is 4.66.